The molecule has 0 amide bonds. The van der Waals surface area contributed by atoms with Gasteiger partial charge in [0, 0.05) is 30.8 Å². The van der Waals surface area contributed by atoms with Gasteiger partial charge >= 0.3 is 0 Å². The van der Waals surface area contributed by atoms with E-state index in [4.69, 9.17) is 0 Å². The molecule has 0 bridgehead atoms. The van der Waals surface area contributed by atoms with Crippen molar-refractivity contribution in [3.63, 3.8) is 0 Å². The maximum atomic E-state index is 4.45. The smallest absolute Gasteiger partial charge is 0.229 e. The Balaban J connectivity index is 1.66. The fraction of sp³-hybridized carbons (Fsp3) is 0.118. The van der Waals surface area contributed by atoms with Crippen molar-refractivity contribution in [3.8, 4) is 0 Å². The average molecular weight is 291 g/mol. The first kappa shape index (κ1) is 14.0. The first-order valence-corrected chi connectivity index (χ1v) is 7.09. The highest BCUT2D eigenvalue weighted by Gasteiger charge is 2.00. The molecule has 3 aromatic rings. The van der Waals surface area contributed by atoms with Crippen LogP contribution in [0.3, 0.4) is 0 Å². The van der Waals surface area contributed by atoms with Crippen LogP contribution >= 0.6 is 0 Å². The SMILES string of the molecule is Cc1ccc(Nc2nccc(NCc3cccnc3)n2)cc1. The highest BCUT2D eigenvalue weighted by Crippen LogP contribution is 2.15. The van der Waals surface area contributed by atoms with Crippen molar-refractivity contribution >= 4 is 17.5 Å². The van der Waals surface area contributed by atoms with Crippen LogP contribution < -0.4 is 10.6 Å². The van der Waals surface area contributed by atoms with Gasteiger partial charge in [0.05, 0.1) is 0 Å². The summed E-state index contributed by atoms with van der Waals surface area (Å²) in [6, 6.07) is 13.9. The molecule has 0 saturated heterocycles. The maximum Gasteiger partial charge on any atom is 0.229 e. The van der Waals surface area contributed by atoms with Crippen LogP contribution in [0.5, 0.6) is 0 Å². The van der Waals surface area contributed by atoms with Crippen LogP contribution in [0.4, 0.5) is 17.5 Å². The quantitative estimate of drug-likeness (QED) is 0.753. The predicted molar refractivity (Wildman–Crippen MR) is 88.1 cm³/mol. The number of nitrogens with zero attached hydrogens (tertiary/aromatic N) is 3. The molecule has 0 fully saturated rings. The fourth-order valence-electron chi connectivity index (χ4n) is 1.98. The summed E-state index contributed by atoms with van der Waals surface area (Å²) in [6.07, 6.45) is 5.33. The molecule has 0 aliphatic rings. The molecule has 1 aromatic carbocycles. The van der Waals surface area contributed by atoms with Crippen molar-refractivity contribution in [1.82, 2.24) is 15.0 Å². The third-order valence-corrected chi connectivity index (χ3v) is 3.16. The van der Waals surface area contributed by atoms with E-state index in [1.54, 1.807) is 12.4 Å². The van der Waals surface area contributed by atoms with E-state index in [2.05, 4.69) is 32.5 Å². The van der Waals surface area contributed by atoms with Crippen molar-refractivity contribution in [2.45, 2.75) is 13.5 Å². The van der Waals surface area contributed by atoms with Gasteiger partial charge in [-0.2, -0.15) is 4.98 Å². The second-order valence-corrected chi connectivity index (χ2v) is 4.97. The van der Waals surface area contributed by atoms with Gasteiger partial charge < -0.3 is 10.6 Å². The normalized spacial score (nSPS) is 10.2. The molecule has 0 aliphatic heterocycles. The largest absolute Gasteiger partial charge is 0.366 e. The van der Waals surface area contributed by atoms with Crippen LogP contribution in [-0.2, 0) is 6.54 Å². The lowest BCUT2D eigenvalue weighted by Gasteiger charge is -2.08. The lowest BCUT2D eigenvalue weighted by Crippen LogP contribution is -2.04. The first-order chi connectivity index (χ1) is 10.8. The van der Waals surface area contributed by atoms with Crippen LogP contribution in [0, 0.1) is 6.92 Å². The number of rotatable bonds is 5. The maximum absolute atomic E-state index is 4.45. The molecule has 0 aliphatic carbocycles. The molecular formula is C17H17N5. The molecule has 0 unspecified atom stereocenters. The monoisotopic (exact) mass is 291 g/mol. The van der Waals surface area contributed by atoms with Gasteiger partial charge in [0.15, 0.2) is 0 Å². The molecule has 0 radical (unpaired) electrons. The minimum atomic E-state index is 0.569. The molecule has 0 saturated carbocycles. The molecule has 2 heterocycles. The molecule has 2 aromatic heterocycles. The van der Waals surface area contributed by atoms with E-state index in [9.17, 15) is 0 Å². The zero-order valence-corrected chi connectivity index (χ0v) is 12.3. The zero-order valence-electron chi connectivity index (χ0n) is 12.3. The molecule has 2 N–H and O–H groups in total. The molecule has 5 nitrogen and oxygen atoms in total. The minimum absolute atomic E-state index is 0.569. The van der Waals surface area contributed by atoms with Gasteiger partial charge in [-0.3, -0.25) is 4.98 Å². The predicted octanol–water partition coefficient (Wildman–Crippen LogP) is 3.54. The zero-order chi connectivity index (χ0) is 15.2. The lowest BCUT2D eigenvalue weighted by atomic mass is 10.2. The highest BCUT2D eigenvalue weighted by molar-refractivity contribution is 5.55. The van der Waals surface area contributed by atoms with Gasteiger partial charge in [-0.1, -0.05) is 23.8 Å². The van der Waals surface area contributed by atoms with E-state index in [0.717, 1.165) is 17.1 Å². The molecule has 22 heavy (non-hydrogen) atoms. The fourth-order valence-corrected chi connectivity index (χ4v) is 1.98. The number of hydrogen-bond donors (Lipinski definition) is 2. The standard InChI is InChI=1S/C17H17N5/c1-13-4-6-15(7-5-13)21-17-19-10-8-16(22-17)20-12-14-3-2-9-18-11-14/h2-11H,12H2,1H3,(H2,19,20,21,22). The third-order valence-electron chi connectivity index (χ3n) is 3.16. The first-order valence-electron chi connectivity index (χ1n) is 7.09. The highest BCUT2D eigenvalue weighted by atomic mass is 15.1. The van der Waals surface area contributed by atoms with E-state index in [-0.39, 0.29) is 0 Å². The minimum Gasteiger partial charge on any atom is -0.366 e. The Morgan fingerprint density at radius 3 is 2.64 bits per heavy atom. The summed E-state index contributed by atoms with van der Waals surface area (Å²) < 4.78 is 0. The molecule has 3 rings (SSSR count). The van der Waals surface area contributed by atoms with Crippen molar-refractivity contribution in [2.24, 2.45) is 0 Å². The number of aromatic nitrogens is 3. The number of hydrogen-bond acceptors (Lipinski definition) is 5. The van der Waals surface area contributed by atoms with E-state index >= 15 is 0 Å². The molecular weight excluding hydrogens is 274 g/mol. The topological polar surface area (TPSA) is 62.7 Å². The van der Waals surface area contributed by atoms with Gasteiger partial charge in [0.1, 0.15) is 5.82 Å². The summed E-state index contributed by atoms with van der Waals surface area (Å²) >= 11 is 0. The Hall–Kier alpha value is -2.95. The number of anilines is 3. The number of pyridine rings is 1. The van der Waals surface area contributed by atoms with Gasteiger partial charge in [-0.25, -0.2) is 4.98 Å². The van der Waals surface area contributed by atoms with Crippen LogP contribution in [0.2, 0.25) is 0 Å². The number of benzene rings is 1. The Kier molecular flexibility index (Phi) is 4.25. The Labute approximate surface area is 129 Å². The molecule has 0 spiro atoms. The average Bonchev–Trinajstić information content (AvgIpc) is 2.57. The van der Waals surface area contributed by atoms with Crippen LogP contribution in [0.15, 0.2) is 61.1 Å². The van der Waals surface area contributed by atoms with Gasteiger partial charge in [0.25, 0.3) is 0 Å². The number of aryl methyl sites for hydroxylation is 1. The summed E-state index contributed by atoms with van der Waals surface area (Å²) in [5, 5.41) is 6.46. The van der Waals surface area contributed by atoms with Crippen molar-refractivity contribution in [2.75, 3.05) is 10.6 Å². The van der Waals surface area contributed by atoms with E-state index in [1.807, 2.05) is 48.7 Å². The van der Waals surface area contributed by atoms with Crippen molar-refractivity contribution in [1.29, 1.82) is 0 Å². The Bertz CT molecular complexity index is 726. The van der Waals surface area contributed by atoms with Crippen molar-refractivity contribution < 1.29 is 0 Å². The molecule has 110 valence electrons. The van der Waals surface area contributed by atoms with Crippen LogP contribution in [0.1, 0.15) is 11.1 Å². The molecule has 5 heteroatoms. The second kappa shape index (κ2) is 6.67. The van der Waals surface area contributed by atoms with Crippen LogP contribution in [-0.4, -0.2) is 15.0 Å². The van der Waals surface area contributed by atoms with E-state index in [1.165, 1.54) is 5.56 Å². The summed E-state index contributed by atoms with van der Waals surface area (Å²) in [4.78, 5) is 12.8. The lowest BCUT2D eigenvalue weighted by molar-refractivity contribution is 1.07. The van der Waals surface area contributed by atoms with Gasteiger partial charge in [-0.15, -0.1) is 0 Å². The number of nitrogens with one attached hydrogen (secondary N) is 2. The summed E-state index contributed by atoms with van der Waals surface area (Å²) in [6.45, 7) is 2.73. The third kappa shape index (κ3) is 3.79. The summed E-state index contributed by atoms with van der Waals surface area (Å²) in [5.41, 5.74) is 3.29. The van der Waals surface area contributed by atoms with Gasteiger partial charge in [0.2, 0.25) is 5.95 Å². The second-order valence-electron chi connectivity index (χ2n) is 4.97. The summed E-state index contributed by atoms with van der Waals surface area (Å²) in [5.74, 6) is 1.34. The Morgan fingerprint density at radius 1 is 1.00 bits per heavy atom. The molecule has 0 atom stereocenters. The summed E-state index contributed by atoms with van der Waals surface area (Å²) in [7, 11) is 0. The van der Waals surface area contributed by atoms with E-state index < -0.39 is 0 Å². The Morgan fingerprint density at radius 2 is 1.86 bits per heavy atom. The van der Waals surface area contributed by atoms with E-state index in [0.29, 0.717) is 12.5 Å². The van der Waals surface area contributed by atoms with Crippen molar-refractivity contribution in [3.05, 3.63) is 72.2 Å². The van der Waals surface area contributed by atoms with Gasteiger partial charge in [-0.05, 0) is 36.8 Å². The van der Waals surface area contributed by atoms with Crippen LogP contribution in [0.25, 0.3) is 0 Å².